The van der Waals surface area contributed by atoms with Gasteiger partial charge in [-0.25, -0.2) is 8.42 Å². The second kappa shape index (κ2) is 6.52. The highest BCUT2D eigenvalue weighted by molar-refractivity contribution is 9.10. The van der Waals surface area contributed by atoms with Gasteiger partial charge in [-0.05, 0) is 54.4 Å². The van der Waals surface area contributed by atoms with Crippen molar-refractivity contribution in [2.45, 2.75) is 24.4 Å². The van der Waals surface area contributed by atoms with Gasteiger partial charge in [0.15, 0.2) is 0 Å². The van der Waals surface area contributed by atoms with E-state index in [9.17, 15) is 21.6 Å². The molecule has 0 amide bonds. The summed E-state index contributed by atoms with van der Waals surface area (Å²) in [7, 11) is -3.87. The Hall–Kier alpha value is -1.54. The summed E-state index contributed by atoms with van der Waals surface area (Å²) in [5, 5.41) is 0. The second-order valence-electron chi connectivity index (χ2n) is 4.79. The molecular weight excluding hydrogens is 395 g/mol. The molecule has 0 fully saturated rings. The van der Waals surface area contributed by atoms with Crippen LogP contribution < -0.4 is 4.72 Å². The minimum Gasteiger partial charge on any atom is -0.280 e. The second-order valence-corrected chi connectivity index (χ2v) is 7.35. The van der Waals surface area contributed by atoms with Gasteiger partial charge < -0.3 is 0 Å². The molecule has 0 atom stereocenters. The van der Waals surface area contributed by atoms with Crippen molar-refractivity contribution in [1.82, 2.24) is 0 Å². The summed E-state index contributed by atoms with van der Waals surface area (Å²) in [6.07, 6.45) is -3.96. The highest BCUT2D eigenvalue weighted by Crippen LogP contribution is 2.30. The molecule has 0 aliphatic heterocycles. The first kappa shape index (κ1) is 17.8. The van der Waals surface area contributed by atoms with Crippen molar-refractivity contribution in [3.8, 4) is 0 Å². The van der Waals surface area contributed by atoms with E-state index in [2.05, 4.69) is 20.7 Å². The normalized spacial score (nSPS) is 12.2. The number of alkyl halides is 3. The maximum Gasteiger partial charge on any atom is 0.416 e. The Morgan fingerprint density at radius 1 is 1.09 bits per heavy atom. The lowest BCUT2D eigenvalue weighted by Crippen LogP contribution is -2.15. The quantitative estimate of drug-likeness (QED) is 0.788. The molecule has 2 aromatic carbocycles. The van der Waals surface area contributed by atoms with Crippen LogP contribution in [0.25, 0.3) is 0 Å². The molecule has 1 N–H and O–H groups in total. The number of halogens is 4. The summed E-state index contributed by atoms with van der Waals surface area (Å²) in [6, 6.07) is 8.59. The van der Waals surface area contributed by atoms with Gasteiger partial charge in [0.1, 0.15) is 0 Å². The van der Waals surface area contributed by atoms with Crippen LogP contribution in [0.5, 0.6) is 0 Å². The topological polar surface area (TPSA) is 46.2 Å². The zero-order valence-corrected chi connectivity index (χ0v) is 14.4. The number of hydrogen-bond acceptors (Lipinski definition) is 2. The van der Waals surface area contributed by atoms with E-state index >= 15 is 0 Å². The van der Waals surface area contributed by atoms with E-state index < -0.39 is 21.8 Å². The van der Waals surface area contributed by atoms with Gasteiger partial charge in [-0.3, -0.25) is 4.72 Å². The number of sulfonamides is 1. The lowest BCUT2D eigenvalue weighted by molar-refractivity contribution is -0.137. The average molecular weight is 408 g/mol. The molecule has 0 unspecified atom stereocenters. The Labute approximate surface area is 140 Å². The van der Waals surface area contributed by atoms with Gasteiger partial charge in [-0.2, -0.15) is 13.2 Å². The standard InChI is InChI=1S/C15H13BrF3NO2S/c1-2-10-9-12(16)5-8-14(10)23(21,22)20-13-6-3-11(4-7-13)15(17,18)19/h3-9,20H,2H2,1H3. The van der Waals surface area contributed by atoms with E-state index in [1.807, 2.05) is 6.92 Å². The molecule has 0 saturated heterocycles. The van der Waals surface area contributed by atoms with E-state index in [1.165, 1.54) is 6.07 Å². The lowest BCUT2D eigenvalue weighted by Gasteiger charge is -2.13. The molecule has 23 heavy (non-hydrogen) atoms. The van der Waals surface area contributed by atoms with Gasteiger partial charge >= 0.3 is 6.18 Å². The molecule has 0 aromatic heterocycles. The summed E-state index contributed by atoms with van der Waals surface area (Å²) >= 11 is 3.28. The summed E-state index contributed by atoms with van der Waals surface area (Å²) < 4.78 is 65.4. The van der Waals surface area contributed by atoms with Crippen molar-refractivity contribution in [2.24, 2.45) is 0 Å². The van der Waals surface area contributed by atoms with Gasteiger partial charge in [0.2, 0.25) is 0 Å². The van der Waals surface area contributed by atoms with Crippen molar-refractivity contribution in [2.75, 3.05) is 4.72 Å². The van der Waals surface area contributed by atoms with Crippen LogP contribution in [0.4, 0.5) is 18.9 Å². The number of anilines is 1. The Morgan fingerprint density at radius 3 is 2.22 bits per heavy atom. The van der Waals surface area contributed by atoms with Crippen LogP contribution in [0.3, 0.4) is 0 Å². The number of rotatable bonds is 4. The maximum atomic E-state index is 12.5. The van der Waals surface area contributed by atoms with Crippen molar-refractivity contribution in [3.63, 3.8) is 0 Å². The molecule has 2 aromatic rings. The smallest absolute Gasteiger partial charge is 0.280 e. The molecule has 0 radical (unpaired) electrons. The third kappa shape index (κ3) is 4.26. The molecule has 0 spiro atoms. The van der Waals surface area contributed by atoms with Crippen LogP contribution >= 0.6 is 15.9 Å². The molecule has 0 aliphatic carbocycles. The van der Waals surface area contributed by atoms with Crippen molar-refractivity contribution in [3.05, 3.63) is 58.1 Å². The summed E-state index contributed by atoms with van der Waals surface area (Å²) in [5.41, 5.74) is -0.153. The molecule has 0 bridgehead atoms. The van der Waals surface area contributed by atoms with E-state index in [-0.39, 0.29) is 10.6 Å². The van der Waals surface area contributed by atoms with Crippen LogP contribution in [0, 0.1) is 0 Å². The zero-order chi connectivity index (χ0) is 17.3. The molecule has 2 rings (SSSR count). The van der Waals surface area contributed by atoms with Crippen molar-refractivity contribution in [1.29, 1.82) is 0 Å². The van der Waals surface area contributed by atoms with Crippen molar-refractivity contribution >= 4 is 31.6 Å². The Morgan fingerprint density at radius 2 is 1.70 bits per heavy atom. The average Bonchev–Trinajstić information content (AvgIpc) is 2.46. The van der Waals surface area contributed by atoms with Gasteiger partial charge in [-0.15, -0.1) is 0 Å². The minimum atomic E-state index is -4.46. The number of benzene rings is 2. The predicted molar refractivity (Wildman–Crippen MR) is 85.8 cm³/mol. The van der Waals surface area contributed by atoms with Gasteiger partial charge in [-0.1, -0.05) is 22.9 Å². The number of aryl methyl sites for hydroxylation is 1. The van der Waals surface area contributed by atoms with E-state index in [1.54, 1.807) is 12.1 Å². The molecule has 0 saturated carbocycles. The van der Waals surface area contributed by atoms with Crippen LogP contribution in [0.2, 0.25) is 0 Å². The first-order chi connectivity index (χ1) is 10.6. The third-order valence-electron chi connectivity index (χ3n) is 3.16. The molecule has 0 aliphatic rings. The first-order valence-electron chi connectivity index (χ1n) is 6.62. The highest BCUT2D eigenvalue weighted by atomic mass is 79.9. The molecule has 0 heterocycles. The molecule has 124 valence electrons. The Bertz CT molecular complexity index is 802. The van der Waals surface area contributed by atoms with E-state index in [0.717, 1.165) is 28.7 Å². The van der Waals surface area contributed by atoms with Crippen LogP contribution in [-0.2, 0) is 22.6 Å². The largest absolute Gasteiger partial charge is 0.416 e. The predicted octanol–water partition coefficient (Wildman–Crippen LogP) is 4.83. The van der Waals surface area contributed by atoms with Crippen LogP contribution in [0.1, 0.15) is 18.1 Å². The maximum absolute atomic E-state index is 12.5. The summed E-state index contributed by atoms with van der Waals surface area (Å²) in [6.45, 7) is 1.82. The summed E-state index contributed by atoms with van der Waals surface area (Å²) in [5.74, 6) is 0. The zero-order valence-electron chi connectivity index (χ0n) is 12.0. The fraction of sp³-hybridized carbons (Fsp3) is 0.200. The Balaban J connectivity index is 2.32. The Kier molecular flexibility index (Phi) is 5.05. The van der Waals surface area contributed by atoms with E-state index in [4.69, 9.17) is 0 Å². The lowest BCUT2D eigenvalue weighted by atomic mass is 10.2. The van der Waals surface area contributed by atoms with Crippen LogP contribution in [-0.4, -0.2) is 8.42 Å². The van der Waals surface area contributed by atoms with E-state index in [0.29, 0.717) is 12.0 Å². The SMILES string of the molecule is CCc1cc(Br)ccc1S(=O)(=O)Nc1ccc(C(F)(F)F)cc1. The number of hydrogen-bond donors (Lipinski definition) is 1. The first-order valence-corrected chi connectivity index (χ1v) is 8.89. The molecule has 3 nitrogen and oxygen atoms in total. The fourth-order valence-electron chi connectivity index (χ4n) is 2.02. The van der Waals surface area contributed by atoms with Gasteiger partial charge in [0.25, 0.3) is 10.0 Å². The number of nitrogens with one attached hydrogen (secondary N) is 1. The van der Waals surface area contributed by atoms with Gasteiger partial charge in [0, 0.05) is 10.2 Å². The van der Waals surface area contributed by atoms with Gasteiger partial charge in [0.05, 0.1) is 10.5 Å². The molecular formula is C15H13BrF3NO2S. The summed E-state index contributed by atoms with van der Waals surface area (Å²) in [4.78, 5) is 0.100. The van der Waals surface area contributed by atoms with Crippen molar-refractivity contribution < 1.29 is 21.6 Å². The highest BCUT2D eigenvalue weighted by Gasteiger charge is 2.30. The third-order valence-corrected chi connectivity index (χ3v) is 5.13. The molecule has 8 heteroatoms. The fourth-order valence-corrected chi connectivity index (χ4v) is 3.78. The minimum absolute atomic E-state index is 0.0722. The monoisotopic (exact) mass is 407 g/mol. The van der Waals surface area contributed by atoms with Crippen LogP contribution in [0.15, 0.2) is 51.8 Å².